The molecular formula is C13H19FN2O3. The fraction of sp³-hybridized carbons (Fsp3) is 0.538. The molecule has 6 heteroatoms. The predicted octanol–water partition coefficient (Wildman–Crippen LogP) is 2.54. The summed E-state index contributed by atoms with van der Waals surface area (Å²) in [7, 11) is 0. The van der Waals surface area contributed by atoms with Crippen molar-refractivity contribution in [3.63, 3.8) is 0 Å². The Morgan fingerprint density at radius 2 is 2.11 bits per heavy atom. The first kappa shape index (κ1) is 15.5. The monoisotopic (exact) mass is 270 g/mol. The van der Waals surface area contributed by atoms with Crippen LogP contribution in [0.3, 0.4) is 0 Å². The van der Waals surface area contributed by atoms with Crippen LogP contribution in [-0.4, -0.2) is 22.1 Å². The summed E-state index contributed by atoms with van der Waals surface area (Å²) in [6.45, 7) is 5.78. The molecular weight excluding hydrogens is 251 g/mol. The smallest absolute Gasteiger partial charge is 0.305 e. The maximum Gasteiger partial charge on any atom is 0.305 e. The summed E-state index contributed by atoms with van der Waals surface area (Å²) in [5.74, 6) is -0.900. The lowest BCUT2D eigenvalue weighted by atomic mass is 10.0. The molecule has 3 unspecified atom stereocenters. The quantitative estimate of drug-likeness (QED) is 0.615. The van der Waals surface area contributed by atoms with Crippen LogP contribution in [-0.2, 0) is 0 Å². The number of nitrogens with one attached hydrogen (secondary N) is 1. The summed E-state index contributed by atoms with van der Waals surface area (Å²) in [4.78, 5) is 9.87. The molecule has 0 aliphatic heterocycles. The van der Waals surface area contributed by atoms with Crippen LogP contribution in [0.4, 0.5) is 10.1 Å². The van der Waals surface area contributed by atoms with Crippen LogP contribution >= 0.6 is 0 Å². The van der Waals surface area contributed by atoms with Crippen molar-refractivity contribution < 1.29 is 14.4 Å². The number of nitro groups is 1. The van der Waals surface area contributed by atoms with Gasteiger partial charge in [0.15, 0.2) is 0 Å². The van der Waals surface area contributed by atoms with Crippen molar-refractivity contribution in [2.75, 3.05) is 0 Å². The van der Waals surface area contributed by atoms with Crippen molar-refractivity contribution in [1.29, 1.82) is 0 Å². The van der Waals surface area contributed by atoms with Gasteiger partial charge in [-0.15, -0.1) is 0 Å². The zero-order valence-corrected chi connectivity index (χ0v) is 11.3. The van der Waals surface area contributed by atoms with Gasteiger partial charge in [-0.1, -0.05) is 13.0 Å². The Morgan fingerprint density at radius 1 is 1.47 bits per heavy atom. The lowest BCUT2D eigenvalue weighted by molar-refractivity contribution is -0.387. The number of nitro benzene ring substituents is 1. The molecule has 0 aliphatic rings. The molecule has 3 atom stereocenters. The number of benzene rings is 1. The number of aliphatic hydroxyl groups is 1. The van der Waals surface area contributed by atoms with Crippen LogP contribution in [0.1, 0.15) is 38.9 Å². The summed E-state index contributed by atoms with van der Waals surface area (Å²) in [5.41, 5.74) is -0.288. The average Bonchev–Trinajstić information content (AvgIpc) is 2.37. The Hall–Kier alpha value is -1.53. The van der Waals surface area contributed by atoms with Crippen LogP contribution in [0.5, 0.6) is 0 Å². The van der Waals surface area contributed by atoms with Gasteiger partial charge in [0.2, 0.25) is 5.82 Å². The molecule has 0 aliphatic carbocycles. The maximum absolute atomic E-state index is 13.2. The molecule has 0 spiro atoms. The Balaban J connectivity index is 2.90. The summed E-state index contributed by atoms with van der Waals surface area (Å²) < 4.78 is 13.2. The molecule has 0 radical (unpaired) electrons. The van der Waals surface area contributed by atoms with Crippen molar-refractivity contribution in [1.82, 2.24) is 5.32 Å². The number of aliphatic hydroxyl groups excluding tert-OH is 1. The predicted molar refractivity (Wildman–Crippen MR) is 70.4 cm³/mol. The van der Waals surface area contributed by atoms with E-state index in [0.717, 1.165) is 18.6 Å². The van der Waals surface area contributed by atoms with Crippen molar-refractivity contribution in [3.05, 3.63) is 39.7 Å². The van der Waals surface area contributed by atoms with E-state index in [1.165, 1.54) is 6.07 Å². The molecule has 0 saturated heterocycles. The van der Waals surface area contributed by atoms with E-state index in [4.69, 9.17) is 0 Å². The molecule has 0 amide bonds. The van der Waals surface area contributed by atoms with E-state index < -0.39 is 22.5 Å². The zero-order valence-electron chi connectivity index (χ0n) is 11.3. The van der Waals surface area contributed by atoms with E-state index in [0.29, 0.717) is 5.56 Å². The summed E-state index contributed by atoms with van der Waals surface area (Å²) in [5, 5.41) is 24.0. The molecule has 1 aromatic rings. The molecule has 0 saturated carbocycles. The number of hydrogen-bond acceptors (Lipinski definition) is 4. The largest absolute Gasteiger partial charge is 0.387 e. The molecule has 2 N–H and O–H groups in total. The number of nitrogens with zero attached hydrogens (tertiary/aromatic N) is 1. The van der Waals surface area contributed by atoms with Gasteiger partial charge in [0.1, 0.15) is 0 Å². The SMILES string of the molecule is CCC(C)NC(C)C(O)c1ccc(F)c([N+](=O)[O-])c1. The topological polar surface area (TPSA) is 75.4 Å². The zero-order chi connectivity index (χ0) is 14.6. The fourth-order valence-electron chi connectivity index (χ4n) is 1.80. The van der Waals surface area contributed by atoms with Crippen molar-refractivity contribution in [2.45, 2.75) is 45.4 Å². The summed E-state index contributed by atoms with van der Waals surface area (Å²) >= 11 is 0. The molecule has 0 aromatic heterocycles. The molecule has 0 fully saturated rings. The molecule has 5 nitrogen and oxygen atoms in total. The van der Waals surface area contributed by atoms with Crippen molar-refractivity contribution >= 4 is 5.69 Å². The molecule has 0 bridgehead atoms. The lowest BCUT2D eigenvalue weighted by Gasteiger charge is -2.24. The van der Waals surface area contributed by atoms with Gasteiger partial charge in [-0.2, -0.15) is 4.39 Å². The van der Waals surface area contributed by atoms with E-state index in [9.17, 15) is 19.6 Å². The number of halogens is 1. The maximum atomic E-state index is 13.2. The van der Waals surface area contributed by atoms with Crippen LogP contribution in [0, 0.1) is 15.9 Å². The highest BCUT2D eigenvalue weighted by atomic mass is 19.1. The normalized spacial score (nSPS) is 15.8. The minimum Gasteiger partial charge on any atom is -0.387 e. The van der Waals surface area contributed by atoms with Crippen molar-refractivity contribution in [2.24, 2.45) is 0 Å². The van der Waals surface area contributed by atoms with Gasteiger partial charge in [-0.3, -0.25) is 10.1 Å². The number of hydrogen-bond donors (Lipinski definition) is 2. The van der Waals surface area contributed by atoms with E-state index >= 15 is 0 Å². The molecule has 0 heterocycles. The molecule has 1 rings (SSSR count). The molecule has 106 valence electrons. The van der Waals surface area contributed by atoms with Gasteiger partial charge < -0.3 is 10.4 Å². The van der Waals surface area contributed by atoms with Crippen LogP contribution in [0.2, 0.25) is 0 Å². The Bertz CT molecular complexity index is 454. The van der Waals surface area contributed by atoms with Gasteiger partial charge in [0.25, 0.3) is 0 Å². The standard InChI is InChI=1S/C13H19FN2O3/c1-4-8(2)15-9(3)13(17)10-5-6-11(14)12(7-10)16(18)19/h5-9,13,15,17H,4H2,1-3H3. The van der Waals surface area contributed by atoms with E-state index in [-0.39, 0.29) is 12.1 Å². The van der Waals surface area contributed by atoms with Gasteiger partial charge in [0.05, 0.1) is 11.0 Å². The third kappa shape index (κ3) is 3.97. The Labute approximate surface area is 111 Å². The Morgan fingerprint density at radius 3 is 2.63 bits per heavy atom. The minimum atomic E-state index is -0.923. The second kappa shape index (κ2) is 6.58. The Kier molecular flexibility index (Phi) is 5.38. The first-order valence-electron chi connectivity index (χ1n) is 6.24. The summed E-state index contributed by atoms with van der Waals surface area (Å²) in [6, 6.07) is 3.39. The lowest BCUT2D eigenvalue weighted by Crippen LogP contribution is -2.38. The highest BCUT2D eigenvalue weighted by Crippen LogP contribution is 2.24. The van der Waals surface area contributed by atoms with Crippen LogP contribution in [0.15, 0.2) is 18.2 Å². The minimum absolute atomic E-state index is 0.222. The molecule has 1 aromatic carbocycles. The van der Waals surface area contributed by atoms with Gasteiger partial charge in [-0.05, 0) is 31.9 Å². The van der Waals surface area contributed by atoms with Gasteiger partial charge in [0, 0.05) is 18.2 Å². The third-order valence-electron chi connectivity index (χ3n) is 3.14. The van der Waals surface area contributed by atoms with Gasteiger partial charge >= 0.3 is 5.69 Å². The van der Waals surface area contributed by atoms with Crippen LogP contribution < -0.4 is 5.32 Å². The highest BCUT2D eigenvalue weighted by Gasteiger charge is 2.22. The fourth-order valence-corrected chi connectivity index (χ4v) is 1.80. The average molecular weight is 270 g/mol. The van der Waals surface area contributed by atoms with Crippen molar-refractivity contribution in [3.8, 4) is 0 Å². The second-order valence-corrected chi connectivity index (χ2v) is 4.68. The van der Waals surface area contributed by atoms with Gasteiger partial charge in [-0.25, -0.2) is 0 Å². The van der Waals surface area contributed by atoms with E-state index in [2.05, 4.69) is 5.32 Å². The third-order valence-corrected chi connectivity index (χ3v) is 3.14. The molecule has 19 heavy (non-hydrogen) atoms. The first-order chi connectivity index (χ1) is 8.86. The summed E-state index contributed by atoms with van der Waals surface area (Å²) in [6.07, 6.45) is -0.0195. The second-order valence-electron chi connectivity index (χ2n) is 4.68. The van der Waals surface area contributed by atoms with Crippen LogP contribution in [0.25, 0.3) is 0 Å². The number of rotatable bonds is 6. The van der Waals surface area contributed by atoms with E-state index in [1.807, 2.05) is 13.8 Å². The first-order valence-corrected chi connectivity index (χ1v) is 6.24. The van der Waals surface area contributed by atoms with E-state index in [1.54, 1.807) is 6.92 Å². The highest BCUT2D eigenvalue weighted by molar-refractivity contribution is 5.37.